The summed E-state index contributed by atoms with van der Waals surface area (Å²) >= 11 is 1.75. The second-order valence-corrected chi connectivity index (χ2v) is 11.4. The van der Waals surface area contributed by atoms with Crippen LogP contribution in [0, 0.1) is 0 Å². The maximum absolute atomic E-state index is 12.4. The Morgan fingerprint density at radius 3 is 2.50 bits per heavy atom. The molecule has 0 N–H and O–H groups in total. The zero-order chi connectivity index (χ0) is 24.5. The Kier molecular flexibility index (Phi) is 7.64. The van der Waals surface area contributed by atoms with Gasteiger partial charge in [0.1, 0.15) is 22.9 Å². The lowest BCUT2D eigenvalue weighted by Crippen LogP contribution is -2.43. The van der Waals surface area contributed by atoms with Crippen LogP contribution in [0.1, 0.15) is 75.7 Å². The molecule has 1 unspecified atom stereocenters. The second-order valence-electron chi connectivity index (χ2n) is 10.3. The van der Waals surface area contributed by atoms with Gasteiger partial charge in [-0.05, 0) is 70.8 Å². The number of thiophene rings is 1. The molecule has 2 heterocycles. The van der Waals surface area contributed by atoms with Gasteiger partial charge < -0.3 is 23.8 Å². The van der Waals surface area contributed by atoms with Crippen molar-refractivity contribution in [3.05, 3.63) is 16.8 Å². The third-order valence-electron chi connectivity index (χ3n) is 6.85. The lowest BCUT2D eigenvalue weighted by atomic mass is 9.92. The largest absolute Gasteiger partial charge is 0.474 e. The summed E-state index contributed by atoms with van der Waals surface area (Å²) < 4.78 is 23.0. The zero-order valence-electron chi connectivity index (χ0n) is 21.1. The molecule has 0 spiro atoms. The maximum Gasteiger partial charge on any atom is 0.410 e. The van der Waals surface area contributed by atoms with Gasteiger partial charge in [-0.2, -0.15) is 0 Å². The molecule has 1 saturated carbocycles. The average Bonchev–Trinajstić information content (AvgIpc) is 3.36. The van der Waals surface area contributed by atoms with E-state index in [-0.39, 0.29) is 24.5 Å². The predicted octanol–water partition coefficient (Wildman–Crippen LogP) is 5.29. The van der Waals surface area contributed by atoms with Crippen molar-refractivity contribution in [3.8, 4) is 5.88 Å². The minimum absolute atomic E-state index is 0.0717. The van der Waals surface area contributed by atoms with Crippen LogP contribution >= 0.6 is 11.3 Å². The van der Waals surface area contributed by atoms with Crippen LogP contribution in [0.3, 0.4) is 0 Å². The van der Waals surface area contributed by atoms with Crippen LogP contribution < -0.4 is 4.74 Å². The number of nitrogens with zero attached hydrogens (tertiary/aromatic N) is 3. The Hall–Kier alpha value is -1.97. The highest BCUT2D eigenvalue weighted by molar-refractivity contribution is 7.19. The second kappa shape index (κ2) is 10.3. The van der Waals surface area contributed by atoms with Crippen molar-refractivity contribution in [1.29, 1.82) is 0 Å². The van der Waals surface area contributed by atoms with Crippen LogP contribution in [-0.2, 0) is 20.6 Å². The Morgan fingerprint density at radius 2 is 1.85 bits per heavy atom. The van der Waals surface area contributed by atoms with Crippen LogP contribution in [0.4, 0.5) is 4.79 Å². The molecule has 1 atom stereocenters. The quantitative estimate of drug-likeness (QED) is 0.487. The molecular weight excluding hydrogens is 454 g/mol. The molecule has 9 heteroatoms. The van der Waals surface area contributed by atoms with E-state index in [0.717, 1.165) is 55.2 Å². The van der Waals surface area contributed by atoms with E-state index in [1.54, 1.807) is 36.8 Å². The third kappa shape index (κ3) is 5.47. The summed E-state index contributed by atoms with van der Waals surface area (Å²) in [5.74, 6) is 1.03. The van der Waals surface area contributed by atoms with Gasteiger partial charge in [0, 0.05) is 38.6 Å². The van der Waals surface area contributed by atoms with Crippen molar-refractivity contribution in [2.45, 2.75) is 95.7 Å². The van der Waals surface area contributed by atoms with Gasteiger partial charge >= 0.3 is 6.09 Å². The summed E-state index contributed by atoms with van der Waals surface area (Å²) in [5.41, 5.74) is 0.822. The maximum atomic E-state index is 12.4. The monoisotopic (exact) mass is 491 g/mol. The van der Waals surface area contributed by atoms with E-state index in [2.05, 4.69) is 9.97 Å². The topological polar surface area (TPSA) is 83.0 Å². The standard InChI is InChI=1S/C25H37N3O5S/c1-25(2,3)33-24(29)28(4)16-8-10-17(11-9-16)32-22-21-20-15(13-19(30-5)31-6)7-12-18(20)34-23(21)27-14-26-22/h14-17,19H,7-13H2,1-6H3/t15?,16-,17-. The molecule has 2 aromatic rings. The van der Waals surface area contributed by atoms with Gasteiger partial charge in [-0.3, -0.25) is 0 Å². The molecule has 0 aliphatic heterocycles. The molecule has 2 aromatic heterocycles. The third-order valence-corrected chi connectivity index (χ3v) is 8.02. The normalized spacial score (nSPS) is 22.7. The summed E-state index contributed by atoms with van der Waals surface area (Å²) in [6, 6.07) is 0.162. The number of carbonyl (C=O) groups excluding carboxylic acids is 1. The van der Waals surface area contributed by atoms with Gasteiger partial charge in [0.05, 0.1) is 5.39 Å². The SMILES string of the molecule is COC(CC1CCc2sc3ncnc(O[C@H]4CC[C@H](N(C)C(=O)OC(C)(C)C)CC4)c3c21)OC. The molecule has 0 bridgehead atoms. The van der Waals surface area contributed by atoms with Crippen LogP contribution in [0.15, 0.2) is 6.33 Å². The van der Waals surface area contributed by atoms with E-state index in [4.69, 9.17) is 18.9 Å². The molecule has 0 aromatic carbocycles. The van der Waals surface area contributed by atoms with Crippen LogP contribution in [0.2, 0.25) is 0 Å². The zero-order valence-corrected chi connectivity index (χ0v) is 21.9. The first-order valence-corrected chi connectivity index (χ1v) is 13.0. The highest BCUT2D eigenvalue weighted by atomic mass is 32.1. The Morgan fingerprint density at radius 1 is 1.15 bits per heavy atom. The number of methoxy groups -OCH3 is 2. The van der Waals surface area contributed by atoms with E-state index in [0.29, 0.717) is 11.8 Å². The number of aromatic nitrogens is 2. The van der Waals surface area contributed by atoms with Gasteiger partial charge in [-0.15, -0.1) is 11.3 Å². The first kappa shape index (κ1) is 25.1. The van der Waals surface area contributed by atoms with Crippen LogP contribution in [0.25, 0.3) is 10.2 Å². The number of hydrogen-bond acceptors (Lipinski definition) is 8. The molecule has 1 amide bonds. The highest BCUT2D eigenvalue weighted by Crippen LogP contribution is 2.48. The van der Waals surface area contributed by atoms with E-state index in [9.17, 15) is 4.79 Å². The number of aryl methyl sites for hydroxylation is 1. The molecule has 4 rings (SSSR count). The molecule has 0 saturated heterocycles. The van der Waals surface area contributed by atoms with Gasteiger partial charge in [-0.25, -0.2) is 14.8 Å². The average molecular weight is 492 g/mol. The number of fused-ring (bicyclic) bond motifs is 3. The van der Waals surface area contributed by atoms with Crippen molar-refractivity contribution in [3.63, 3.8) is 0 Å². The summed E-state index contributed by atoms with van der Waals surface area (Å²) in [6.45, 7) is 5.67. The van der Waals surface area contributed by atoms with E-state index >= 15 is 0 Å². The van der Waals surface area contributed by atoms with Crippen molar-refractivity contribution in [1.82, 2.24) is 14.9 Å². The van der Waals surface area contributed by atoms with Crippen molar-refractivity contribution in [2.75, 3.05) is 21.3 Å². The molecular formula is C25H37N3O5S. The van der Waals surface area contributed by atoms with Gasteiger partial charge in [0.2, 0.25) is 5.88 Å². The number of amides is 1. The molecule has 8 nitrogen and oxygen atoms in total. The van der Waals surface area contributed by atoms with Crippen LogP contribution in [0.5, 0.6) is 5.88 Å². The first-order chi connectivity index (χ1) is 16.2. The predicted molar refractivity (Wildman–Crippen MR) is 132 cm³/mol. The fourth-order valence-electron chi connectivity index (χ4n) is 5.08. The summed E-state index contributed by atoms with van der Waals surface area (Å²) in [4.78, 5) is 25.6. The number of ether oxygens (including phenoxy) is 4. The molecule has 34 heavy (non-hydrogen) atoms. The minimum atomic E-state index is -0.491. The van der Waals surface area contributed by atoms with Gasteiger partial charge in [0.25, 0.3) is 0 Å². The number of rotatable bonds is 7. The first-order valence-electron chi connectivity index (χ1n) is 12.1. The summed E-state index contributed by atoms with van der Waals surface area (Å²) in [6.07, 6.45) is 7.61. The molecule has 1 fully saturated rings. The molecule has 2 aliphatic carbocycles. The van der Waals surface area contributed by atoms with Gasteiger partial charge in [-0.1, -0.05) is 0 Å². The Balaban J connectivity index is 1.44. The summed E-state index contributed by atoms with van der Waals surface area (Å²) in [5, 5.41) is 1.06. The number of carbonyl (C=O) groups is 1. The lowest BCUT2D eigenvalue weighted by molar-refractivity contribution is -0.109. The molecule has 2 aliphatic rings. The van der Waals surface area contributed by atoms with E-state index in [1.807, 2.05) is 27.8 Å². The van der Waals surface area contributed by atoms with Crippen molar-refractivity contribution < 1.29 is 23.7 Å². The minimum Gasteiger partial charge on any atom is -0.474 e. The van der Waals surface area contributed by atoms with E-state index in [1.165, 1.54) is 10.4 Å². The molecule has 0 radical (unpaired) electrons. The fourth-order valence-corrected chi connectivity index (χ4v) is 6.31. The van der Waals surface area contributed by atoms with Crippen LogP contribution in [-0.4, -0.2) is 66.3 Å². The Labute approximate surface area is 205 Å². The lowest BCUT2D eigenvalue weighted by Gasteiger charge is -2.35. The van der Waals surface area contributed by atoms with E-state index < -0.39 is 5.60 Å². The smallest absolute Gasteiger partial charge is 0.410 e. The summed E-state index contributed by atoms with van der Waals surface area (Å²) in [7, 11) is 5.20. The van der Waals surface area contributed by atoms with Gasteiger partial charge in [0.15, 0.2) is 6.29 Å². The fraction of sp³-hybridized carbons (Fsp3) is 0.720. The molecule has 188 valence electrons. The highest BCUT2D eigenvalue weighted by Gasteiger charge is 2.34. The van der Waals surface area contributed by atoms with Crippen molar-refractivity contribution >= 4 is 27.6 Å². The van der Waals surface area contributed by atoms with Crippen molar-refractivity contribution in [2.24, 2.45) is 0 Å². The Bertz CT molecular complexity index is 992. The number of hydrogen-bond donors (Lipinski definition) is 0.